The average molecular weight is 584 g/mol. The molecule has 4 rings (SSSR count). The highest BCUT2D eigenvalue weighted by Gasteiger charge is 2.37. The molecule has 2 aliphatic rings. The van der Waals surface area contributed by atoms with Gasteiger partial charge in [-0.3, -0.25) is 9.69 Å². The smallest absolute Gasteiger partial charge is 0.390 e. The van der Waals surface area contributed by atoms with Crippen molar-refractivity contribution < 1.29 is 36.2 Å². The SMILES string of the molecule is O=C(NCc1cc(C(F)(F)F)cc(C(F)(F)F)c1)[C@@H]1C=CCN1CCN1CCC(O)(CCCc2ccccc2)CC1. The van der Waals surface area contributed by atoms with Gasteiger partial charge in [-0.1, -0.05) is 42.5 Å². The van der Waals surface area contributed by atoms with Gasteiger partial charge in [-0.15, -0.1) is 0 Å². The number of nitrogens with one attached hydrogen (secondary N) is 1. The van der Waals surface area contributed by atoms with Gasteiger partial charge in [0.15, 0.2) is 0 Å². The molecule has 2 aromatic carbocycles. The maximum Gasteiger partial charge on any atom is 0.416 e. The van der Waals surface area contributed by atoms with Crippen molar-refractivity contribution in [3.63, 3.8) is 0 Å². The molecule has 41 heavy (non-hydrogen) atoms. The second kappa shape index (κ2) is 13.0. The standard InChI is InChI=1S/C30H35F6N3O2/c31-29(32,33)24-18-23(19-25(20-24)30(34,35)36)21-37-27(40)26-9-5-13-39(26)17-16-38-14-11-28(41,12-15-38)10-4-8-22-6-2-1-3-7-22/h1-3,5-7,9,18-20,26,41H,4,8,10-17,21H2,(H,37,40)/t26-/m0/s1. The van der Waals surface area contributed by atoms with Gasteiger partial charge in [0.05, 0.1) is 16.7 Å². The Bertz CT molecular complexity index is 1160. The number of likely N-dealkylation sites (tertiary alicyclic amines) is 1. The first kappa shape index (κ1) is 31.1. The first-order chi connectivity index (χ1) is 19.3. The second-order valence-corrected chi connectivity index (χ2v) is 10.9. The number of halogens is 6. The van der Waals surface area contributed by atoms with E-state index in [0.29, 0.717) is 44.6 Å². The highest BCUT2D eigenvalue weighted by atomic mass is 19.4. The van der Waals surface area contributed by atoms with Crippen LogP contribution in [0.15, 0.2) is 60.7 Å². The van der Waals surface area contributed by atoms with Crippen LogP contribution >= 0.6 is 0 Å². The van der Waals surface area contributed by atoms with Gasteiger partial charge < -0.3 is 15.3 Å². The summed E-state index contributed by atoms with van der Waals surface area (Å²) in [5, 5.41) is 13.5. The Labute approximate surface area is 235 Å². The molecule has 5 nitrogen and oxygen atoms in total. The molecule has 1 saturated heterocycles. The first-order valence-corrected chi connectivity index (χ1v) is 13.8. The van der Waals surface area contributed by atoms with Crippen molar-refractivity contribution in [2.45, 2.75) is 62.6 Å². The van der Waals surface area contributed by atoms with Crippen LogP contribution in [0.4, 0.5) is 26.3 Å². The third-order valence-corrected chi connectivity index (χ3v) is 7.88. The van der Waals surface area contributed by atoms with E-state index < -0.39 is 47.6 Å². The van der Waals surface area contributed by atoms with Crippen molar-refractivity contribution in [1.29, 1.82) is 0 Å². The molecule has 0 saturated carbocycles. The van der Waals surface area contributed by atoms with Crippen LogP contribution in [-0.2, 0) is 30.1 Å². The Morgan fingerprint density at radius 1 is 0.927 bits per heavy atom. The fourth-order valence-corrected chi connectivity index (χ4v) is 5.44. The van der Waals surface area contributed by atoms with E-state index in [2.05, 4.69) is 22.3 Å². The largest absolute Gasteiger partial charge is 0.416 e. The fraction of sp³-hybridized carbons (Fsp3) is 0.500. The molecule has 2 heterocycles. The molecule has 2 aliphatic heterocycles. The Hall–Kier alpha value is -2.89. The maximum atomic E-state index is 13.1. The lowest BCUT2D eigenvalue weighted by Crippen LogP contribution is -2.49. The van der Waals surface area contributed by atoms with Crippen molar-refractivity contribution in [3.05, 3.63) is 82.9 Å². The highest BCUT2D eigenvalue weighted by molar-refractivity contribution is 5.84. The van der Waals surface area contributed by atoms with E-state index in [4.69, 9.17) is 0 Å². The summed E-state index contributed by atoms with van der Waals surface area (Å²) < 4.78 is 78.9. The molecular weight excluding hydrogens is 548 g/mol. The van der Waals surface area contributed by atoms with Crippen molar-refractivity contribution in [3.8, 4) is 0 Å². The first-order valence-electron chi connectivity index (χ1n) is 13.8. The molecule has 0 aliphatic carbocycles. The lowest BCUT2D eigenvalue weighted by atomic mass is 9.86. The zero-order valence-electron chi connectivity index (χ0n) is 22.6. The van der Waals surface area contributed by atoms with Gasteiger partial charge in [-0.05, 0) is 61.4 Å². The molecule has 1 atom stereocenters. The number of carbonyl (C=O) groups is 1. The van der Waals surface area contributed by atoms with E-state index in [1.165, 1.54) is 5.56 Å². The van der Waals surface area contributed by atoms with Crippen LogP contribution < -0.4 is 5.32 Å². The van der Waals surface area contributed by atoms with Crippen LogP contribution in [0.5, 0.6) is 0 Å². The summed E-state index contributed by atoms with van der Waals surface area (Å²) in [6, 6.07) is 10.8. The van der Waals surface area contributed by atoms with E-state index in [1.807, 2.05) is 29.2 Å². The third-order valence-electron chi connectivity index (χ3n) is 7.88. The molecular formula is C30H35F6N3O2. The fourth-order valence-electron chi connectivity index (χ4n) is 5.44. The molecule has 1 fully saturated rings. The van der Waals surface area contributed by atoms with Gasteiger partial charge in [-0.25, -0.2) is 0 Å². The minimum absolute atomic E-state index is 0.0684. The minimum Gasteiger partial charge on any atom is -0.390 e. The number of aliphatic hydroxyl groups is 1. The number of nitrogens with zero attached hydrogens (tertiary/aromatic N) is 2. The summed E-state index contributed by atoms with van der Waals surface area (Å²) >= 11 is 0. The summed E-state index contributed by atoms with van der Waals surface area (Å²) in [7, 11) is 0. The molecule has 0 spiro atoms. The number of rotatable bonds is 10. The van der Waals surface area contributed by atoms with E-state index in [-0.39, 0.29) is 11.6 Å². The van der Waals surface area contributed by atoms with Gasteiger partial charge in [0.1, 0.15) is 6.04 Å². The van der Waals surface area contributed by atoms with Gasteiger partial charge in [0.2, 0.25) is 5.91 Å². The molecule has 0 bridgehead atoms. The molecule has 11 heteroatoms. The molecule has 0 unspecified atom stereocenters. The minimum atomic E-state index is -4.95. The lowest BCUT2D eigenvalue weighted by Gasteiger charge is -2.39. The molecule has 0 radical (unpaired) electrons. The summed E-state index contributed by atoms with van der Waals surface area (Å²) in [5.74, 6) is -0.490. The zero-order chi connectivity index (χ0) is 29.7. The maximum absolute atomic E-state index is 13.1. The Kier molecular flexibility index (Phi) is 9.81. The van der Waals surface area contributed by atoms with E-state index in [0.717, 1.165) is 32.4 Å². The van der Waals surface area contributed by atoms with Gasteiger partial charge in [0.25, 0.3) is 0 Å². The Balaban J connectivity index is 1.23. The monoisotopic (exact) mass is 583 g/mol. The molecule has 224 valence electrons. The Morgan fingerprint density at radius 3 is 2.17 bits per heavy atom. The van der Waals surface area contributed by atoms with Gasteiger partial charge in [0, 0.05) is 39.3 Å². The normalized spacial score (nSPS) is 19.9. The number of alkyl halides is 6. The average Bonchev–Trinajstić information content (AvgIpc) is 3.40. The Morgan fingerprint density at radius 2 is 1.56 bits per heavy atom. The van der Waals surface area contributed by atoms with Crippen molar-refractivity contribution >= 4 is 5.91 Å². The number of carbonyl (C=O) groups excluding carboxylic acids is 1. The molecule has 1 amide bonds. The quantitative estimate of drug-likeness (QED) is 0.290. The van der Waals surface area contributed by atoms with Gasteiger partial charge in [-0.2, -0.15) is 26.3 Å². The third kappa shape index (κ3) is 8.80. The zero-order valence-corrected chi connectivity index (χ0v) is 22.6. The van der Waals surface area contributed by atoms with E-state index >= 15 is 0 Å². The number of aryl methyl sites for hydroxylation is 1. The molecule has 2 aromatic rings. The number of hydrogen-bond donors (Lipinski definition) is 2. The summed E-state index contributed by atoms with van der Waals surface area (Å²) in [6.45, 7) is 2.75. The van der Waals surface area contributed by atoms with Crippen LogP contribution in [0, 0.1) is 0 Å². The van der Waals surface area contributed by atoms with Crippen LogP contribution in [0.1, 0.15) is 47.9 Å². The summed E-state index contributed by atoms with van der Waals surface area (Å²) in [5.41, 5.74) is -2.53. The molecule has 2 N–H and O–H groups in total. The summed E-state index contributed by atoms with van der Waals surface area (Å²) in [6.07, 6.45) is -2.48. The van der Waals surface area contributed by atoms with Gasteiger partial charge >= 0.3 is 12.4 Å². The topological polar surface area (TPSA) is 55.8 Å². The van der Waals surface area contributed by atoms with Crippen LogP contribution in [0.25, 0.3) is 0 Å². The second-order valence-electron chi connectivity index (χ2n) is 10.9. The van der Waals surface area contributed by atoms with Crippen molar-refractivity contribution in [1.82, 2.24) is 15.1 Å². The van der Waals surface area contributed by atoms with E-state index in [1.54, 1.807) is 6.08 Å². The van der Waals surface area contributed by atoms with E-state index in [9.17, 15) is 36.2 Å². The number of hydrogen-bond acceptors (Lipinski definition) is 4. The molecule has 0 aromatic heterocycles. The number of amides is 1. The van der Waals surface area contributed by atoms with Crippen LogP contribution in [0.3, 0.4) is 0 Å². The predicted octanol–water partition coefficient (Wildman–Crippen LogP) is 5.43. The highest BCUT2D eigenvalue weighted by Crippen LogP contribution is 2.36. The van der Waals surface area contributed by atoms with Crippen LogP contribution in [-0.4, -0.2) is 65.2 Å². The summed E-state index contributed by atoms with van der Waals surface area (Å²) in [4.78, 5) is 17.0. The lowest BCUT2D eigenvalue weighted by molar-refractivity contribution is -0.143. The number of piperidine rings is 1. The number of benzene rings is 2. The van der Waals surface area contributed by atoms with Crippen molar-refractivity contribution in [2.75, 3.05) is 32.7 Å². The van der Waals surface area contributed by atoms with Crippen LogP contribution in [0.2, 0.25) is 0 Å². The predicted molar refractivity (Wildman–Crippen MR) is 143 cm³/mol. The van der Waals surface area contributed by atoms with Crippen molar-refractivity contribution in [2.24, 2.45) is 0 Å².